The molecule has 1 amide bonds. The van der Waals surface area contributed by atoms with Crippen LogP contribution < -0.4 is 0 Å². The van der Waals surface area contributed by atoms with Gasteiger partial charge >= 0.3 is 0 Å². The fourth-order valence-electron chi connectivity index (χ4n) is 3.19. The summed E-state index contributed by atoms with van der Waals surface area (Å²) in [4.78, 5) is 20.7. The van der Waals surface area contributed by atoms with E-state index in [1.165, 1.54) is 5.56 Å². The van der Waals surface area contributed by atoms with Crippen molar-refractivity contribution in [2.75, 3.05) is 33.8 Å². The lowest BCUT2D eigenvalue weighted by Crippen LogP contribution is -2.37. The maximum Gasteiger partial charge on any atom is 0.248 e. The number of likely N-dealkylation sites (tertiary alicyclic amines) is 1. The molecule has 0 aliphatic carbocycles. The summed E-state index contributed by atoms with van der Waals surface area (Å²) in [6.07, 6.45) is 5.89. The van der Waals surface area contributed by atoms with E-state index in [0.29, 0.717) is 12.0 Å². The summed E-state index contributed by atoms with van der Waals surface area (Å²) in [5.74, 6) is 0.492. The molecule has 0 N–H and O–H groups in total. The van der Waals surface area contributed by atoms with Crippen molar-refractivity contribution in [3.63, 3.8) is 0 Å². The van der Waals surface area contributed by atoms with Gasteiger partial charge in [-0.25, -0.2) is 0 Å². The number of nitrogens with zero attached hydrogens (tertiary/aromatic N) is 3. The van der Waals surface area contributed by atoms with Crippen LogP contribution in [0.25, 0.3) is 0 Å². The highest BCUT2D eigenvalue weighted by Crippen LogP contribution is 2.36. The van der Waals surface area contributed by atoms with Gasteiger partial charge in [0.25, 0.3) is 0 Å². The Bertz CT molecular complexity index is 494. The first-order valence-electron chi connectivity index (χ1n) is 8.48. The molecule has 1 fully saturated rings. The summed E-state index contributed by atoms with van der Waals surface area (Å²) in [6, 6.07) is 4.43. The number of ether oxygens (including phenoxy) is 1. The zero-order valence-electron chi connectivity index (χ0n) is 14.7. The zero-order chi connectivity index (χ0) is 16.8. The summed E-state index contributed by atoms with van der Waals surface area (Å²) in [7, 11) is 4.02. The van der Waals surface area contributed by atoms with Crippen molar-refractivity contribution in [2.24, 2.45) is 5.92 Å². The third kappa shape index (κ3) is 4.75. The normalized spacial score (nSPS) is 23.0. The van der Waals surface area contributed by atoms with E-state index in [-0.39, 0.29) is 18.6 Å². The molecule has 1 aromatic heterocycles. The van der Waals surface area contributed by atoms with Crippen LogP contribution >= 0.6 is 0 Å². The first kappa shape index (κ1) is 17.9. The van der Waals surface area contributed by atoms with E-state index in [1.54, 1.807) is 6.20 Å². The van der Waals surface area contributed by atoms with Crippen LogP contribution in [0, 0.1) is 5.92 Å². The van der Waals surface area contributed by atoms with E-state index in [2.05, 4.69) is 29.9 Å². The molecule has 1 unspecified atom stereocenters. The van der Waals surface area contributed by atoms with Crippen LogP contribution in [0.1, 0.15) is 38.3 Å². The van der Waals surface area contributed by atoms with Crippen LogP contribution in [-0.2, 0) is 9.53 Å². The quantitative estimate of drug-likeness (QED) is 0.774. The van der Waals surface area contributed by atoms with Crippen molar-refractivity contribution in [3.05, 3.63) is 30.1 Å². The molecule has 2 heterocycles. The second kappa shape index (κ2) is 8.41. The lowest BCUT2D eigenvalue weighted by Gasteiger charge is -2.29. The van der Waals surface area contributed by atoms with Crippen LogP contribution in [0.5, 0.6) is 0 Å². The highest BCUT2D eigenvalue weighted by atomic mass is 16.5. The molecule has 0 saturated carbocycles. The third-order valence-electron chi connectivity index (χ3n) is 4.80. The number of likely N-dealkylation sites (N-methyl/N-ethyl adjacent to an activating group) is 1. The van der Waals surface area contributed by atoms with Gasteiger partial charge in [0.05, 0.1) is 6.10 Å². The minimum Gasteiger partial charge on any atom is -0.369 e. The molecule has 5 nitrogen and oxygen atoms in total. The van der Waals surface area contributed by atoms with Crippen LogP contribution in [0.2, 0.25) is 0 Å². The monoisotopic (exact) mass is 319 g/mol. The maximum atomic E-state index is 12.3. The number of hydrogen-bond donors (Lipinski definition) is 0. The Labute approximate surface area is 139 Å². The summed E-state index contributed by atoms with van der Waals surface area (Å²) < 4.78 is 5.56. The van der Waals surface area contributed by atoms with Gasteiger partial charge in [0.15, 0.2) is 0 Å². The van der Waals surface area contributed by atoms with Crippen LogP contribution in [-0.4, -0.2) is 60.6 Å². The molecule has 23 heavy (non-hydrogen) atoms. The Hall–Kier alpha value is -1.46. The molecular weight excluding hydrogens is 290 g/mol. The van der Waals surface area contributed by atoms with Gasteiger partial charge in [0.1, 0.15) is 6.61 Å². The Balaban J connectivity index is 1.94. The number of carbonyl (C=O) groups is 1. The van der Waals surface area contributed by atoms with Gasteiger partial charge < -0.3 is 9.64 Å². The smallest absolute Gasteiger partial charge is 0.248 e. The number of amides is 1. The fraction of sp³-hybridized carbons (Fsp3) is 0.667. The third-order valence-corrected chi connectivity index (χ3v) is 4.80. The SMILES string of the molecule is CCC(C)OCC(=O)N(C)C[C@@H]1CCN(C)[C@H]1c1cccnc1. The number of carbonyl (C=O) groups excluding carboxylic acids is 1. The Kier molecular flexibility index (Phi) is 6.54. The topological polar surface area (TPSA) is 45.7 Å². The molecule has 0 bridgehead atoms. The number of pyridine rings is 1. The largest absolute Gasteiger partial charge is 0.369 e. The highest BCUT2D eigenvalue weighted by molar-refractivity contribution is 5.77. The van der Waals surface area contributed by atoms with Crippen molar-refractivity contribution >= 4 is 5.91 Å². The van der Waals surface area contributed by atoms with Crippen molar-refractivity contribution in [1.29, 1.82) is 0 Å². The van der Waals surface area contributed by atoms with Crippen molar-refractivity contribution in [3.8, 4) is 0 Å². The van der Waals surface area contributed by atoms with Crippen molar-refractivity contribution < 1.29 is 9.53 Å². The Morgan fingerprint density at radius 1 is 1.57 bits per heavy atom. The zero-order valence-corrected chi connectivity index (χ0v) is 14.7. The molecule has 3 atom stereocenters. The molecule has 2 rings (SSSR count). The lowest BCUT2D eigenvalue weighted by molar-refractivity contribution is -0.137. The molecule has 0 spiro atoms. The Morgan fingerprint density at radius 2 is 2.35 bits per heavy atom. The summed E-state index contributed by atoms with van der Waals surface area (Å²) in [6.45, 7) is 6.04. The lowest BCUT2D eigenvalue weighted by atomic mass is 9.94. The molecule has 1 aliphatic rings. The molecule has 1 aliphatic heterocycles. The number of hydrogen-bond acceptors (Lipinski definition) is 4. The fourth-order valence-corrected chi connectivity index (χ4v) is 3.19. The molecule has 128 valence electrons. The molecule has 1 aromatic rings. The van der Waals surface area contributed by atoms with Gasteiger partial charge in [-0.2, -0.15) is 0 Å². The molecule has 0 aromatic carbocycles. The first-order valence-corrected chi connectivity index (χ1v) is 8.48. The van der Waals surface area contributed by atoms with Gasteiger partial charge in [-0.15, -0.1) is 0 Å². The number of rotatable bonds is 7. The van der Waals surface area contributed by atoms with Crippen LogP contribution in [0.15, 0.2) is 24.5 Å². The van der Waals surface area contributed by atoms with Crippen molar-refractivity contribution in [2.45, 2.75) is 38.8 Å². The van der Waals surface area contributed by atoms with Gasteiger partial charge in [-0.1, -0.05) is 13.0 Å². The van der Waals surface area contributed by atoms with Crippen molar-refractivity contribution in [1.82, 2.24) is 14.8 Å². The summed E-state index contributed by atoms with van der Waals surface area (Å²) in [5, 5.41) is 0. The van der Waals surface area contributed by atoms with E-state index in [9.17, 15) is 4.79 Å². The van der Waals surface area contributed by atoms with Gasteiger partial charge in [-0.3, -0.25) is 14.7 Å². The summed E-state index contributed by atoms with van der Waals surface area (Å²) in [5.41, 5.74) is 1.23. The average molecular weight is 319 g/mol. The van der Waals surface area contributed by atoms with Crippen LogP contribution in [0.3, 0.4) is 0 Å². The number of aromatic nitrogens is 1. The average Bonchev–Trinajstić information content (AvgIpc) is 2.93. The highest BCUT2D eigenvalue weighted by Gasteiger charge is 2.34. The molecule has 5 heteroatoms. The summed E-state index contributed by atoms with van der Waals surface area (Å²) >= 11 is 0. The van der Waals surface area contributed by atoms with Gasteiger partial charge in [0.2, 0.25) is 5.91 Å². The predicted octanol–water partition coefficient (Wildman–Crippen LogP) is 2.35. The van der Waals surface area contributed by atoms with E-state index < -0.39 is 0 Å². The first-order chi connectivity index (χ1) is 11.0. The van der Waals surface area contributed by atoms with E-state index in [1.807, 2.05) is 31.1 Å². The van der Waals surface area contributed by atoms with Gasteiger partial charge in [-0.05, 0) is 50.9 Å². The van der Waals surface area contributed by atoms with E-state index in [0.717, 1.165) is 25.9 Å². The molecular formula is C18H29N3O2. The van der Waals surface area contributed by atoms with E-state index in [4.69, 9.17) is 4.74 Å². The predicted molar refractivity (Wildman–Crippen MR) is 91.1 cm³/mol. The van der Waals surface area contributed by atoms with Crippen LogP contribution in [0.4, 0.5) is 0 Å². The second-order valence-electron chi connectivity index (χ2n) is 6.56. The minimum atomic E-state index is 0.0600. The molecule has 1 saturated heterocycles. The van der Waals surface area contributed by atoms with Gasteiger partial charge in [0, 0.05) is 32.0 Å². The standard InChI is InChI=1S/C18H29N3O2/c1-5-14(2)23-13-17(22)21(4)12-16-8-10-20(3)18(16)15-7-6-9-19-11-15/h6-7,9,11,14,16,18H,5,8,10,12-13H2,1-4H3/t14?,16-,18-/m0/s1. The Morgan fingerprint density at radius 3 is 3.00 bits per heavy atom. The van der Waals surface area contributed by atoms with E-state index >= 15 is 0 Å². The second-order valence-corrected chi connectivity index (χ2v) is 6.56. The maximum absolute atomic E-state index is 12.3. The minimum absolute atomic E-state index is 0.0600. The molecule has 0 radical (unpaired) electrons.